The Hall–Kier alpha value is -3.50. The molecule has 8 nitrogen and oxygen atoms in total. The predicted molar refractivity (Wildman–Crippen MR) is 140 cm³/mol. The van der Waals surface area contributed by atoms with Gasteiger partial charge in [0.15, 0.2) is 0 Å². The van der Waals surface area contributed by atoms with E-state index in [1.54, 1.807) is 12.1 Å². The Morgan fingerprint density at radius 3 is 1.32 bits per heavy atom. The van der Waals surface area contributed by atoms with Gasteiger partial charge in [-0.2, -0.15) is 0 Å². The lowest BCUT2D eigenvalue weighted by Gasteiger charge is -2.15. The van der Waals surface area contributed by atoms with Gasteiger partial charge in [-0.25, -0.2) is 0 Å². The molecule has 0 aliphatic rings. The highest BCUT2D eigenvalue weighted by molar-refractivity contribution is 9.11. The maximum atomic E-state index is 12.1. The molecule has 0 aliphatic heterocycles. The molecule has 0 spiro atoms. The van der Waals surface area contributed by atoms with Crippen molar-refractivity contribution in [2.45, 2.75) is 13.1 Å². The van der Waals surface area contributed by atoms with E-state index in [4.69, 9.17) is 0 Å². The first-order chi connectivity index (χ1) is 16.4. The van der Waals surface area contributed by atoms with Gasteiger partial charge in [-0.1, -0.05) is 60.7 Å². The number of hydrogen-bond acceptors (Lipinski definition) is 6. The first-order valence-electron chi connectivity index (χ1n) is 10.2. The zero-order chi connectivity index (χ0) is 24.2. The first kappa shape index (κ1) is 23.7. The van der Waals surface area contributed by atoms with E-state index in [2.05, 4.69) is 42.5 Å². The summed E-state index contributed by atoms with van der Waals surface area (Å²) in [6, 6.07) is 22.0. The third-order valence-electron chi connectivity index (χ3n) is 5.28. The fraction of sp³-hybridized carbons (Fsp3) is 0.0833. The summed E-state index contributed by atoms with van der Waals surface area (Å²) in [7, 11) is 0. The first-order valence-corrected chi connectivity index (χ1v) is 11.8. The molecule has 0 amide bonds. The number of nitro benzene ring substituents is 2. The second kappa shape index (κ2) is 10.2. The van der Waals surface area contributed by atoms with E-state index in [1.165, 1.54) is 0 Å². The summed E-state index contributed by atoms with van der Waals surface area (Å²) < 4.78 is 0.726. The molecule has 4 aromatic carbocycles. The predicted octanol–water partition coefficient (Wildman–Crippen LogP) is 7.41. The van der Waals surface area contributed by atoms with E-state index in [0.717, 1.165) is 11.1 Å². The molecule has 0 saturated carbocycles. The second-order valence-corrected chi connectivity index (χ2v) is 9.16. The van der Waals surface area contributed by atoms with E-state index in [9.17, 15) is 20.2 Å². The van der Waals surface area contributed by atoms with Gasteiger partial charge in [-0.05, 0) is 55.1 Å². The van der Waals surface area contributed by atoms with Crippen LogP contribution in [0.15, 0.2) is 81.7 Å². The molecule has 172 valence electrons. The van der Waals surface area contributed by atoms with Crippen molar-refractivity contribution in [1.82, 2.24) is 0 Å². The van der Waals surface area contributed by atoms with Crippen LogP contribution >= 0.6 is 31.9 Å². The fourth-order valence-corrected chi connectivity index (χ4v) is 4.84. The Labute approximate surface area is 211 Å². The van der Waals surface area contributed by atoms with Crippen molar-refractivity contribution < 1.29 is 9.85 Å². The molecule has 2 N–H and O–H groups in total. The molecular formula is C24H18Br2N4O4. The number of hydrogen-bond donors (Lipinski definition) is 2. The largest absolute Gasteiger partial charge is 0.374 e. The minimum Gasteiger partial charge on any atom is -0.374 e. The van der Waals surface area contributed by atoms with Crippen LogP contribution in [0.4, 0.5) is 22.7 Å². The lowest BCUT2D eigenvalue weighted by atomic mass is 10.0. The summed E-state index contributed by atoms with van der Waals surface area (Å²) in [4.78, 5) is 23.2. The molecule has 0 unspecified atom stereocenters. The molecule has 0 atom stereocenters. The smallest absolute Gasteiger partial charge is 0.301 e. The molecule has 4 rings (SSSR count). The highest BCUT2D eigenvalue weighted by atomic mass is 79.9. The van der Waals surface area contributed by atoms with Gasteiger partial charge in [0.1, 0.15) is 11.4 Å². The molecule has 0 fully saturated rings. The Kier molecular flexibility index (Phi) is 7.09. The molecule has 4 aromatic rings. The molecule has 34 heavy (non-hydrogen) atoms. The molecule has 0 aliphatic carbocycles. The van der Waals surface area contributed by atoms with Crippen molar-refractivity contribution in [2.75, 3.05) is 10.6 Å². The molecule has 0 radical (unpaired) electrons. The van der Waals surface area contributed by atoms with Gasteiger partial charge in [0.05, 0.1) is 20.6 Å². The van der Waals surface area contributed by atoms with Gasteiger partial charge >= 0.3 is 11.4 Å². The number of halogens is 2. The van der Waals surface area contributed by atoms with Crippen molar-refractivity contribution in [3.05, 3.63) is 113 Å². The SMILES string of the molecule is O=[N+]([O-])c1c(NCc2ccccc2)c(Br)cc2c([N+](=O)[O-])c(NCc3ccccc3)c(Br)cc12. The Morgan fingerprint density at radius 1 is 0.647 bits per heavy atom. The van der Waals surface area contributed by atoms with Crippen molar-refractivity contribution >= 4 is 65.4 Å². The van der Waals surface area contributed by atoms with Crippen LogP contribution in [-0.4, -0.2) is 9.85 Å². The van der Waals surface area contributed by atoms with Gasteiger partial charge < -0.3 is 10.6 Å². The minimum absolute atomic E-state index is 0.160. The topological polar surface area (TPSA) is 110 Å². The molecule has 0 aromatic heterocycles. The number of nitrogens with one attached hydrogen (secondary N) is 2. The van der Waals surface area contributed by atoms with E-state index in [-0.39, 0.29) is 33.5 Å². The van der Waals surface area contributed by atoms with Crippen molar-refractivity contribution in [3.8, 4) is 0 Å². The van der Waals surface area contributed by atoms with E-state index >= 15 is 0 Å². The second-order valence-electron chi connectivity index (χ2n) is 7.45. The van der Waals surface area contributed by atoms with Gasteiger partial charge in [-0.15, -0.1) is 0 Å². The molecule has 0 bridgehead atoms. The maximum Gasteiger partial charge on any atom is 0.301 e. The number of fused-ring (bicyclic) bond motifs is 1. The van der Waals surface area contributed by atoms with Crippen molar-refractivity contribution in [1.29, 1.82) is 0 Å². The lowest BCUT2D eigenvalue weighted by molar-refractivity contribution is -0.383. The van der Waals surface area contributed by atoms with Gasteiger partial charge in [0.25, 0.3) is 0 Å². The maximum absolute atomic E-state index is 12.1. The van der Waals surface area contributed by atoms with Crippen LogP contribution in [0, 0.1) is 20.2 Å². The number of nitro groups is 2. The van der Waals surface area contributed by atoms with Gasteiger partial charge in [0.2, 0.25) is 0 Å². The van der Waals surface area contributed by atoms with Crippen molar-refractivity contribution in [3.63, 3.8) is 0 Å². The van der Waals surface area contributed by atoms with Crippen LogP contribution in [0.1, 0.15) is 11.1 Å². The summed E-state index contributed by atoms with van der Waals surface area (Å²) in [5.41, 5.74) is 1.92. The van der Waals surface area contributed by atoms with E-state index in [0.29, 0.717) is 22.0 Å². The average molecular weight is 586 g/mol. The third-order valence-corrected chi connectivity index (χ3v) is 6.53. The zero-order valence-corrected chi connectivity index (χ0v) is 20.8. The van der Waals surface area contributed by atoms with Crippen LogP contribution in [0.25, 0.3) is 10.8 Å². The summed E-state index contributed by atoms with van der Waals surface area (Å²) in [6.45, 7) is 0.706. The van der Waals surface area contributed by atoms with Gasteiger partial charge in [0, 0.05) is 22.0 Å². The minimum atomic E-state index is -0.520. The number of benzene rings is 4. The molecule has 10 heteroatoms. The normalized spacial score (nSPS) is 10.8. The average Bonchev–Trinajstić information content (AvgIpc) is 2.82. The van der Waals surface area contributed by atoms with Crippen LogP contribution in [0.3, 0.4) is 0 Å². The Morgan fingerprint density at radius 2 is 1.00 bits per heavy atom. The zero-order valence-electron chi connectivity index (χ0n) is 17.6. The van der Waals surface area contributed by atoms with E-state index < -0.39 is 9.85 Å². The van der Waals surface area contributed by atoms with Crippen LogP contribution in [-0.2, 0) is 13.1 Å². The Bertz CT molecular complexity index is 1280. The standard InChI is InChI=1S/C24H18Br2N4O4/c25-19-11-18-17(23(29(31)32)21(19)27-13-15-7-3-1-4-8-15)12-20(26)22(24(18)30(33)34)28-14-16-9-5-2-6-10-16/h1-12,27-28H,13-14H2. The van der Waals surface area contributed by atoms with Crippen LogP contribution in [0.2, 0.25) is 0 Å². The third kappa shape index (κ3) is 4.87. The van der Waals surface area contributed by atoms with Crippen LogP contribution < -0.4 is 10.6 Å². The quantitative estimate of drug-likeness (QED) is 0.164. The summed E-state index contributed by atoms with van der Waals surface area (Å²) >= 11 is 6.78. The molecule has 0 heterocycles. The summed E-state index contributed by atoms with van der Waals surface area (Å²) in [5.74, 6) is 0. The highest BCUT2D eigenvalue weighted by Crippen LogP contribution is 2.47. The highest BCUT2D eigenvalue weighted by Gasteiger charge is 2.30. The lowest BCUT2D eigenvalue weighted by Crippen LogP contribution is -2.07. The van der Waals surface area contributed by atoms with Crippen LogP contribution in [0.5, 0.6) is 0 Å². The fourth-order valence-electron chi connectivity index (χ4n) is 3.73. The Balaban J connectivity index is 1.83. The molecule has 0 saturated heterocycles. The van der Waals surface area contributed by atoms with Crippen molar-refractivity contribution in [2.24, 2.45) is 0 Å². The monoisotopic (exact) mass is 584 g/mol. The number of nitrogens with zero attached hydrogens (tertiary/aromatic N) is 2. The van der Waals surface area contributed by atoms with E-state index in [1.807, 2.05) is 60.7 Å². The van der Waals surface area contributed by atoms with Gasteiger partial charge in [-0.3, -0.25) is 20.2 Å². The molecular weight excluding hydrogens is 568 g/mol. The summed E-state index contributed by atoms with van der Waals surface area (Å²) in [6.07, 6.45) is 0. The number of rotatable bonds is 8. The summed E-state index contributed by atoms with van der Waals surface area (Å²) in [5, 5.41) is 30.8. The number of anilines is 2.